The van der Waals surface area contributed by atoms with Crippen LogP contribution in [0.4, 0.5) is 5.69 Å². The van der Waals surface area contributed by atoms with Gasteiger partial charge in [-0.05, 0) is 131 Å². The highest BCUT2D eigenvalue weighted by Gasteiger charge is 2.50. The van der Waals surface area contributed by atoms with Crippen molar-refractivity contribution in [2.75, 3.05) is 77.6 Å². The maximum atomic E-state index is 13.7. The van der Waals surface area contributed by atoms with Crippen molar-refractivity contribution < 1.29 is 27.4 Å². The minimum absolute atomic E-state index is 0.217. The minimum Gasteiger partial charge on any atom is -0.490 e. The lowest BCUT2D eigenvalue weighted by Gasteiger charge is -2.52. The molecule has 8 rings (SSSR count). The van der Waals surface area contributed by atoms with Crippen molar-refractivity contribution in [3.63, 3.8) is 0 Å². The Balaban J connectivity index is 1.15. The number of halogens is 1. The third kappa shape index (κ3) is 7.83. The number of aryl methyl sites for hydroxylation is 1. The maximum Gasteiger partial charge on any atom is 0.264 e. The molecular formula is C43H59ClN4O6S. The summed E-state index contributed by atoms with van der Waals surface area (Å²) in [5.74, 6) is 0.498. The summed E-state index contributed by atoms with van der Waals surface area (Å²) in [5, 5.41) is -0.0263. The van der Waals surface area contributed by atoms with Gasteiger partial charge in [-0.25, -0.2) is 13.1 Å². The van der Waals surface area contributed by atoms with Crippen molar-refractivity contribution in [2.45, 2.75) is 87.5 Å². The lowest BCUT2D eigenvalue weighted by atomic mass is 9.63. The maximum absolute atomic E-state index is 13.7. The van der Waals surface area contributed by atoms with E-state index in [0.717, 1.165) is 120 Å². The zero-order valence-electron chi connectivity index (χ0n) is 32.8. The number of benzene rings is 2. The molecule has 3 fully saturated rings. The van der Waals surface area contributed by atoms with E-state index >= 15 is 0 Å². The smallest absolute Gasteiger partial charge is 0.264 e. The fraction of sp³-hybridized carbons (Fsp3) is 0.651. The number of morpholine rings is 1. The first-order chi connectivity index (χ1) is 26.5. The number of fused-ring (bicyclic) bond motifs is 4. The Morgan fingerprint density at radius 2 is 1.82 bits per heavy atom. The van der Waals surface area contributed by atoms with Crippen molar-refractivity contribution in [3.8, 4) is 5.75 Å². The molecule has 0 unspecified atom stereocenters. The minimum atomic E-state index is -3.96. The topological polar surface area (TPSA) is 101 Å². The lowest BCUT2D eigenvalue weighted by molar-refractivity contribution is -0.0962. The number of methoxy groups -OCH3 is 1. The number of rotatable bonds is 4. The van der Waals surface area contributed by atoms with Crippen LogP contribution in [0.15, 0.2) is 48.6 Å². The van der Waals surface area contributed by atoms with E-state index in [-0.39, 0.29) is 17.3 Å². The molecule has 2 bridgehead atoms. The largest absolute Gasteiger partial charge is 0.490 e. The summed E-state index contributed by atoms with van der Waals surface area (Å²) in [7, 11) is -2.09. The number of hydrogen-bond acceptors (Lipinski definition) is 9. The molecule has 6 atom stereocenters. The van der Waals surface area contributed by atoms with Crippen LogP contribution in [-0.2, 0) is 31.3 Å². The zero-order chi connectivity index (χ0) is 38.4. The molecule has 300 valence electrons. The van der Waals surface area contributed by atoms with E-state index in [9.17, 15) is 13.2 Å². The van der Waals surface area contributed by atoms with Crippen molar-refractivity contribution in [1.82, 2.24) is 14.5 Å². The fourth-order valence-electron chi connectivity index (χ4n) is 10.5. The number of allylic oxidation sites excluding steroid dienone is 1. The molecule has 12 heteroatoms. The highest BCUT2D eigenvalue weighted by atomic mass is 35.5. The number of carbonyl (C=O) groups excluding carboxylic acids is 1. The quantitative estimate of drug-likeness (QED) is 0.370. The first kappa shape index (κ1) is 39.2. The number of ether oxygens (including phenoxy) is 3. The van der Waals surface area contributed by atoms with Crippen molar-refractivity contribution in [1.29, 1.82) is 0 Å². The number of nitrogens with zero attached hydrogens (tertiary/aromatic N) is 3. The van der Waals surface area contributed by atoms with Crippen molar-refractivity contribution in [3.05, 3.63) is 70.3 Å². The third-order valence-electron chi connectivity index (χ3n) is 14.2. The predicted molar refractivity (Wildman–Crippen MR) is 217 cm³/mol. The van der Waals surface area contributed by atoms with Crippen LogP contribution in [0, 0.1) is 17.8 Å². The molecule has 55 heavy (non-hydrogen) atoms. The standard InChI is InChI=1S/C43H59ClN4O6S/c1-30-6-4-17-43(52-3,28-46-18-14-36(15-19-46)47-20-22-53-23-21-47)38-11-8-34(38)26-48-27-42(16-5-7-32-24-35(44)10-12-37(32)42)29-54-40-13-9-33(25-39(40)48)41(49)45-55(50,51)31(30)2/h4,9-10,12-13,17,24-25,30-31,34,36,38H,5-8,11,14-16,18-23,26-29H2,1-3H3,(H,45,49)/b17-4+/t30-,31+,34-,38+,42-,43-/m0/s1. The molecule has 2 aromatic rings. The Hall–Kier alpha value is -2.67. The van der Waals surface area contributed by atoms with Gasteiger partial charge in [0.15, 0.2) is 0 Å². The highest BCUT2D eigenvalue weighted by Crippen LogP contribution is 2.49. The molecule has 10 nitrogen and oxygen atoms in total. The molecule has 4 aliphatic heterocycles. The summed E-state index contributed by atoms with van der Waals surface area (Å²) in [6.07, 6.45) is 12.4. The van der Waals surface area contributed by atoms with Gasteiger partial charge in [-0.2, -0.15) is 0 Å². The van der Waals surface area contributed by atoms with Gasteiger partial charge in [0, 0.05) is 61.9 Å². The Morgan fingerprint density at radius 3 is 2.56 bits per heavy atom. The van der Waals surface area contributed by atoms with Gasteiger partial charge in [0.1, 0.15) is 11.4 Å². The molecule has 2 aromatic carbocycles. The van der Waals surface area contributed by atoms with E-state index in [1.807, 2.05) is 32.2 Å². The SMILES string of the molecule is CO[C@]1(CN2CCC(N3CCOCC3)CC2)/C=C/C[C@H](C)[C@@H](C)S(=O)(=O)NC(=O)c2ccc3c(c2)N(C[C@@H]2CC[C@H]21)C[C@@]1(CCCc2cc(Cl)ccc21)CO3. The molecule has 1 spiro atoms. The number of nitrogens with one attached hydrogen (secondary N) is 1. The van der Waals surface area contributed by atoms with E-state index in [4.69, 9.17) is 25.8 Å². The Labute approximate surface area is 332 Å². The number of sulfonamides is 1. The Kier molecular flexibility index (Phi) is 11.3. The summed E-state index contributed by atoms with van der Waals surface area (Å²) < 4.78 is 48.8. The second-order valence-corrected chi connectivity index (χ2v) is 19.8. The van der Waals surface area contributed by atoms with Crippen LogP contribution in [0.1, 0.15) is 80.3 Å². The van der Waals surface area contributed by atoms with Crippen LogP contribution in [0.3, 0.4) is 0 Å². The average Bonchev–Trinajstić information content (AvgIpc) is 3.32. The first-order valence-corrected chi connectivity index (χ1v) is 22.6. The van der Waals surface area contributed by atoms with Gasteiger partial charge in [-0.1, -0.05) is 36.7 Å². The molecular weight excluding hydrogens is 736 g/mol. The number of likely N-dealkylation sites (tertiary alicyclic amines) is 1. The van der Waals surface area contributed by atoms with Gasteiger partial charge in [0.2, 0.25) is 10.0 Å². The van der Waals surface area contributed by atoms with Crippen LogP contribution in [-0.4, -0.2) is 114 Å². The number of carbonyl (C=O) groups is 1. The Morgan fingerprint density at radius 1 is 1.02 bits per heavy atom. The van der Waals surface area contributed by atoms with Gasteiger partial charge >= 0.3 is 0 Å². The predicted octanol–water partition coefficient (Wildman–Crippen LogP) is 6.07. The molecule has 2 aliphatic carbocycles. The Bertz CT molecular complexity index is 1860. The van der Waals surface area contributed by atoms with E-state index in [2.05, 4.69) is 43.7 Å². The van der Waals surface area contributed by atoms with Crippen molar-refractivity contribution in [2.24, 2.45) is 17.8 Å². The van der Waals surface area contributed by atoms with E-state index < -0.39 is 26.8 Å². The average molecular weight is 795 g/mol. The summed E-state index contributed by atoms with van der Waals surface area (Å²) in [5.41, 5.74) is 2.92. The summed E-state index contributed by atoms with van der Waals surface area (Å²) >= 11 is 6.52. The normalized spacial score (nSPS) is 34.0. The van der Waals surface area contributed by atoms with E-state index in [1.54, 1.807) is 13.0 Å². The second kappa shape index (κ2) is 15.9. The summed E-state index contributed by atoms with van der Waals surface area (Å²) in [6, 6.07) is 12.3. The second-order valence-electron chi connectivity index (χ2n) is 17.3. The molecule has 1 saturated carbocycles. The fourth-order valence-corrected chi connectivity index (χ4v) is 12.0. The number of hydrogen-bond donors (Lipinski definition) is 1. The third-order valence-corrected chi connectivity index (χ3v) is 16.4. The van der Waals surface area contributed by atoms with Crippen LogP contribution in [0.5, 0.6) is 5.75 Å². The van der Waals surface area contributed by atoms with Gasteiger partial charge in [-0.3, -0.25) is 9.69 Å². The molecule has 1 amide bonds. The van der Waals surface area contributed by atoms with Gasteiger partial charge in [-0.15, -0.1) is 0 Å². The monoisotopic (exact) mass is 794 g/mol. The zero-order valence-corrected chi connectivity index (χ0v) is 34.4. The molecule has 0 aromatic heterocycles. The highest BCUT2D eigenvalue weighted by molar-refractivity contribution is 7.90. The van der Waals surface area contributed by atoms with Crippen LogP contribution < -0.4 is 14.4 Å². The van der Waals surface area contributed by atoms with Gasteiger partial charge in [0.05, 0.1) is 30.8 Å². The van der Waals surface area contributed by atoms with Gasteiger partial charge in [0.25, 0.3) is 5.91 Å². The molecule has 1 N–H and O–H groups in total. The molecule has 2 saturated heterocycles. The van der Waals surface area contributed by atoms with E-state index in [1.165, 1.54) is 11.1 Å². The molecule has 4 heterocycles. The van der Waals surface area contributed by atoms with Gasteiger partial charge < -0.3 is 24.0 Å². The van der Waals surface area contributed by atoms with E-state index in [0.29, 0.717) is 30.6 Å². The molecule has 6 aliphatic rings. The number of amides is 1. The summed E-state index contributed by atoms with van der Waals surface area (Å²) in [6.45, 7) is 12.2. The van der Waals surface area contributed by atoms with Crippen molar-refractivity contribution >= 4 is 33.2 Å². The number of anilines is 1. The lowest BCUT2D eigenvalue weighted by Crippen LogP contribution is -2.58. The van der Waals surface area contributed by atoms with Crippen LogP contribution in [0.25, 0.3) is 0 Å². The van der Waals surface area contributed by atoms with Crippen LogP contribution >= 0.6 is 11.6 Å². The van der Waals surface area contributed by atoms with Crippen LogP contribution in [0.2, 0.25) is 5.02 Å². The number of piperidine rings is 1. The molecule has 0 radical (unpaired) electrons. The first-order valence-electron chi connectivity index (χ1n) is 20.6. The summed E-state index contributed by atoms with van der Waals surface area (Å²) in [4.78, 5) is 21.3.